The van der Waals surface area contributed by atoms with Gasteiger partial charge in [-0.05, 0) is 25.3 Å². The number of nitrogens with one attached hydrogen (secondary N) is 1. The highest BCUT2D eigenvalue weighted by Gasteiger charge is 2.28. The van der Waals surface area contributed by atoms with Gasteiger partial charge in [0.05, 0.1) is 0 Å². The van der Waals surface area contributed by atoms with Crippen LogP contribution in [0.25, 0.3) is 0 Å². The molecule has 0 unspecified atom stereocenters. The van der Waals surface area contributed by atoms with E-state index in [0.717, 1.165) is 19.1 Å². The molecule has 1 aliphatic heterocycles. The Balaban J connectivity index is 1.77. The first kappa shape index (κ1) is 14.3. The Labute approximate surface area is 113 Å². The molecular formula is C15H31N3. The fraction of sp³-hybridized carbons (Fsp3) is 1.00. The zero-order chi connectivity index (χ0) is 13.0. The molecule has 0 spiro atoms. The number of rotatable bonds is 5. The summed E-state index contributed by atoms with van der Waals surface area (Å²) in [5, 5.41) is 3.43. The second kappa shape index (κ2) is 6.36. The van der Waals surface area contributed by atoms with Crippen LogP contribution in [0.1, 0.15) is 39.5 Å². The maximum Gasteiger partial charge on any atom is 0.0108 e. The Morgan fingerprint density at radius 2 is 1.78 bits per heavy atom. The van der Waals surface area contributed by atoms with E-state index in [4.69, 9.17) is 0 Å². The molecule has 106 valence electrons. The SMILES string of the molecule is CN(CC(C)(C)CN1CCNCC1)C1CCCC1. The minimum atomic E-state index is 0.411. The van der Waals surface area contributed by atoms with E-state index in [9.17, 15) is 0 Å². The second-order valence-electron chi connectivity index (χ2n) is 7.04. The summed E-state index contributed by atoms with van der Waals surface area (Å²) >= 11 is 0. The largest absolute Gasteiger partial charge is 0.314 e. The van der Waals surface area contributed by atoms with Gasteiger partial charge >= 0.3 is 0 Å². The van der Waals surface area contributed by atoms with Crippen molar-refractivity contribution >= 4 is 0 Å². The molecule has 0 aromatic heterocycles. The smallest absolute Gasteiger partial charge is 0.0108 e. The van der Waals surface area contributed by atoms with Gasteiger partial charge in [0.1, 0.15) is 0 Å². The van der Waals surface area contributed by atoms with Crippen molar-refractivity contribution in [2.75, 3.05) is 46.3 Å². The fourth-order valence-corrected chi connectivity index (χ4v) is 3.67. The molecule has 3 nitrogen and oxygen atoms in total. The van der Waals surface area contributed by atoms with Gasteiger partial charge in [-0.1, -0.05) is 26.7 Å². The van der Waals surface area contributed by atoms with Crippen LogP contribution in [0.3, 0.4) is 0 Å². The zero-order valence-electron chi connectivity index (χ0n) is 12.5. The minimum absolute atomic E-state index is 0.411. The molecule has 0 aromatic carbocycles. The first-order valence-electron chi connectivity index (χ1n) is 7.70. The van der Waals surface area contributed by atoms with E-state index in [1.807, 2.05) is 0 Å². The number of piperazine rings is 1. The first-order chi connectivity index (χ1) is 8.57. The van der Waals surface area contributed by atoms with Crippen LogP contribution in [0.4, 0.5) is 0 Å². The van der Waals surface area contributed by atoms with Gasteiger partial charge in [-0.2, -0.15) is 0 Å². The highest BCUT2D eigenvalue weighted by molar-refractivity contribution is 4.83. The summed E-state index contributed by atoms with van der Waals surface area (Å²) in [6.45, 7) is 12.1. The summed E-state index contributed by atoms with van der Waals surface area (Å²) in [6.07, 6.45) is 5.71. The van der Waals surface area contributed by atoms with Crippen LogP contribution in [0.5, 0.6) is 0 Å². The lowest BCUT2D eigenvalue weighted by Gasteiger charge is -2.38. The van der Waals surface area contributed by atoms with Crippen molar-refractivity contribution in [3.8, 4) is 0 Å². The van der Waals surface area contributed by atoms with Crippen LogP contribution in [0.15, 0.2) is 0 Å². The maximum atomic E-state index is 3.43. The van der Waals surface area contributed by atoms with Gasteiger partial charge in [0.25, 0.3) is 0 Å². The molecule has 1 N–H and O–H groups in total. The van der Waals surface area contributed by atoms with E-state index < -0.39 is 0 Å². The Hall–Kier alpha value is -0.120. The van der Waals surface area contributed by atoms with Crippen LogP contribution in [-0.2, 0) is 0 Å². The molecule has 0 radical (unpaired) electrons. The van der Waals surface area contributed by atoms with Gasteiger partial charge in [-0.25, -0.2) is 0 Å². The van der Waals surface area contributed by atoms with E-state index in [2.05, 4.69) is 36.0 Å². The summed E-state index contributed by atoms with van der Waals surface area (Å²) in [4.78, 5) is 5.24. The topological polar surface area (TPSA) is 18.5 Å². The van der Waals surface area contributed by atoms with E-state index in [1.165, 1.54) is 51.9 Å². The number of hydrogen-bond donors (Lipinski definition) is 1. The van der Waals surface area contributed by atoms with Gasteiger partial charge in [0.2, 0.25) is 0 Å². The lowest BCUT2D eigenvalue weighted by atomic mass is 9.91. The van der Waals surface area contributed by atoms with Crippen molar-refractivity contribution in [3.63, 3.8) is 0 Å². The van der Waals surface area contributed by atoms with E-state index in [1.54, 1.807) is 0 Å². The Kier molecular flexibility index (Phi) is 5.05. The first-order valence-corrected chi connectivity index (χ1v) is 7.70. The van der Waals surface area contributed by atoms with E-state index >= 15 is 0 Å². The molecule has 3 heteroatoms. The molecule has 18 heavy (non-hydrogen) atoms. The molecule has 2 aliphatic rings. The van der Waals surface area contributed by atoms with Crippen molar-refractivity contribution < 1.29 is 0 Å². The number of hydrogen-bond acceptors (Lipinski definition) is 3. The fourth-order valence-electron chi connectivity index (χ4n) is 3.67. The van der Waals surface area contributed by atoms with Gasteiger partial charge in [0, 0.05) is 45.3 Å². The van der Waals surface area contributed by atoms with Crippen LogP contribution in [0.2, 0.25) is 0 Å². The summed E-state index contributed by atoms with van der Waals surface area (Å²) in [6, 6.07) is 0.854. The third-order valence-electron chi connectivity index (χ3n) is 4.49. The van der Waals surface area contributed by atoms with Crippen molar-refractivity contribution in [1.29, 1.82) is 0 Å². The second-order valence-corrected chi connectivity index (χ2v) is 7.04. The Bertz CT molecular complexity index is 240. The molecule has 0 aromatic rings. The number of nitrogens with zero attached hydrogens (tertiary/aromatic N) is 2. The van der Waals surface area contributed by atoms with Crippen molar-refractivity contribution in [2.45, 2.75) is 45.6 Å². The van der Waals surface area contributed by atoms with E-state index in [-0.39, 0.29) is 0 Å². The van der Waals surface area contributed by atoms with E-state index in [0.29, 0.717) is 5.41 Å². The summed E-state index contributed by atoms with van der Waals surface area (Å²) in [5.41, 5.74) is 0.411. The highest BCUT2D eigenvalue weighted by atomic mass is 15.2. The highest BCUT2D eigenvalue weighted by Crippen LogP contribution is 2.26. The van der Waals surface area contributed by atoms with Gasteiger partial charge in [0.15, 0.2) is 0 Å². The van der Waals surface area contributed by atoms with Crippen molar-refractivity contribution in [1.82, 2.24) is 15.1 Å². The van der Waals surface area contributed by atoms with Crippen LogP contribution in [-0.4, -0.2) is 62.2 Å². The van der Waals surface area contributed by atoms with Gasteiger partial charge in [-0.15, -0.1) is 0 Å². The minimum Gasteiger partial charge on any atom is -0.314 e. The molecule has 2 fully saturated rings. The van der Waals surface area contributed by atoms with Crippen LogP contribution < -0.4 is 5.32 Å². The summed E-state index contributed by atoms with van der Waals surface area (Å²) < 4.78 is 0. The predicted molar refractivity (Wildman–Crippen MR) is 78.0 cm³/mol. The molecule has 2 rings (SSSR count). The molecule has 0 bridgehead atoms. The standard InChI is InChI=1S/C15H31N3/c1-15(2,13-18-10-8-16-9-11-18)12-17(3)14-6-4-5-7-14/h14,16H,4-13H2,1-3H3. The van der Waals surface area contributed by atoms with Gasteiger partial charge < -0.3 is 15.1 Å². The van der Waals surface area contributed by atoms with Crippen molar-refractivity contribution in [3.05, 3.63) is 0 Å². The average Bonchev–Trinajstić information content (AvgIpc) is 2.82. The molecule has 0 atom stereocenters. The molecule has 1 aliphatic carbocycles. The van der Waals surface area contributed by atoms with Crippen LogP contribution in [0, 0.1) is 5.41 Å². The Morgan fingerprint density at radius 3 is 2.39 bits per heavy atom. The van der Waals surface area contributed by atoms with Crippen LogP contribution >= 0.6 is 0 Å². The quantitative estimate of drug-likeness (QED) is 0.806. The lowest BCUT2D eigenvalue weighted by molar-refractivity contribution is 0.105. The molecular weight excluding hydrogens is 222 g/mol. The van der Waals surface area contributed by atoms with Crippen molar-refractivity contribution in [2.24, 2.45) is 5.41 Å². The summed E-state index contributed by atoms with van der Waals surface area (Å²) in [7, 11) is 2.33. The molecule has 1 heterocycles. The molecule has 0 amide bonds. The lowest BCUT2D eigenvalue weighted by Crippen LogP contribution is -2.49. The average molecular weight is 253 g/mol. The normalized spacial score (nSPS) is 24.0. The zero-order valence-corrected chi connectivity index (χ0v) is 12.5. The maximum absolute atomic E-state index is 3.43. The monoisotopic (exact) mass is 253 g/mol. The third-order valence-corrected chi connectivity index (χ3v) is 4.49. The van der Waals surface area contributed by atoms with Gasteiger partial charge in [-0.3, -0.25) is 0 Å². The molecule has 1 saturated heterocycles. The summed E-state index contributed by atoms with van der Waals surface area (Å²) in [5.74, 6) is 0. The predicted octanol–water partition coefficient (Wildman–Crippen LogP) is 1.79. The third kappa shape index (κ3) is 4.22. The molecule has 1 saturated carbocycles. The Morgan fingerprint density at radius 1 is 1.17 bits per heavy atom.